The van der Waals surface area contributed by atoms with Gasteiger partial charge in [0.2, 0.25) is 0 Å². The smallest absolute Gasteiger partial charge is 0.260 e. The van der Waals surface area contributed by atoms with Crippen LogP contribution in [0.15, 0.2) is 42.5 Å². The lowest BCUT2D eigenvalue weighted by Gasteiger charge is -2.18. The van der Waals surface area contributed by atoms with Crippen LogP contribution in [-0.4, -0.2) is 25.2 Å². The van der Waals surface area contributed by atoms with Crippen molar-refractivity contribution < 1.29 is 14.6 Å². The minimum atomic E-state index is -0.226. The summed E-state index contributed by atoms with van der Waals surface area (Å²) < 4.78 is 5.06. The molecular weight excluding hydrogens is 256 g/mol. The molecule has 0 aromatic heterocycles. The largest absolute Gasteiger partial charge is 0.508 e. The third-order valence-corrected chi connectivity index (χ3v) is 3.03. The number of rotatable bonds is 3. The number of nitrogens with two attached hydrogens (primary N) is 1. The summed E-state index contributed by atoms with van der Waals surface area (Å²) in [5.74, 6) is 0.528. The molecule has 2 aromatic carbocycles. The normalized spacial score (nSPS) is 10.1. The van der Waals surface area contributed by atoms with Gasteiger partial charge in [0.25, 0.3) is 5.91 Å². The second-order valence-electron chi connectivity index (χ2n) is 4.33. The Morgan fingerprint density at radius 1 is 1.20 bits per heavy atom. The minimum Gasteiger partial charge on any atom is -0.508 e. The summed E-state index contributed by atoms with van der Waals surface area (Å²) in [5.41, 5.74) is 7.30. The molecule has 0 spiro atoms. The standard InChI is InChI=1S/C15H16N2O3/c1-17(10-3-5-11(18)6-4-10)15(19)13-8-7-12(20-2)9-14(13)16/h3-9,18H,16H2,1-2H3. The first-order valence-electron chi connectivity index (χ1n) is 6.03. The molecule has 0 fully saturated rings. The Hall–Kier alpha value is -2.69. The summed E-state index contributed by atoms with van der Waals surface area (Å²) in [4.78, 5) is 13.9. The van der Waals surface area contributed by atoms with Crippen LogP contribution < -0.4 is 15.4 Å². The number of carbonyl (C=O) groups is 1. The predicted octanol–water partition coefficient (Wildman–Crippen LogP) is 2.26. The van der Waals surface area contributed by atoms with Gasteiger partial charge in [-0.2, -0.15) is 0 Å². The molecule has 104 valence electrons. The van der Waals surface area contributed by atoms with Crippen molar-refractivity contribution in [1.29, 1.82) is 0 Å². The van der Waals surface area contributed by atoms with E-state index in [1.165, 1.54) is 17.0 Å². The Kier molecular flexibility index (Phi) is 3.79. The molecule has 0 aliphatic heterocycles. The highest BCUT2D eigenvalue weighted by Crippen LogP contribution is 2.24. The quantitative estimate of drug-likeness (QED) is 0.840. The van der Waals surface area contributed by atoms with Crippen LogP contribution in [0.3, 0.4) is 0 Å². The van der Waals surface area contributed by atoms with Crippen molar-refractivity contribution in [2.24, 2.45) is 0 Å². The number of carbonyl (C=O) groups excluding carboxylic acids is 1. The number of benzene rings is 2. The Labute approximate surface area is 117 Å². The van der Waals surface area contributed by atoms with Crippen molar-refractivity contribution in [3.8, 4) is 11.5 Å². The number of hydrogen-bond acceptors (Lipinski definition) is 4. The van der Waals surface area contributed by atoms with E-state index in [-0.39, 0.29) is 11.7 Å². The molecule has 5 heteroatoms. The van der Waals surface area contributed by atoms with Crippen molar-refractivity contribution in [3.05, 3.63) is 48.0 Å². The van der Waals surface area contributed by atoms with Gasteiger partial charge in [-0.05, 0) is 36.4 Å². The molecule has 0 radical (unpaired) electrons. The van der Waals surface area contributed by atoms with Crippen LogP contribution in [0.25, 0.3) is 0 Å². The highest BCUT2D eigenvalue weighted by atomic mass is 16.5. The van der Waals surface area contributed by atoms with Crippen LogP contribution in [0.5, 0.6) is 11.5 Å². The molecule has 0 saturated heterocycles. The van der Waals surface area contributed by atoms with Gasteiger partial charge in [0, 0.05) is 24.5 Å². The van der Waals surface area contributed by atoms with Gasteiger partial charge in [0.15, 0.2) is 0 Å². The molecule has 1 amide bonds. The van der Waals surface area contributed by atoms with E-state index in [4.69, 9.17) is 10.5 Å². The van der Waals surface area contributed by atoms with Crippen molar-refractivity contribution >= 4 is 17.3 Å². The Balaban J connectivity index is 2.28. The molecular formula is C15H16N2O3. The maximum atomic E-state index is 12.4. The number of amides is 1. The number of phenolic OH excluding ortho intramolecular Hbond substituents is 1. The summed E-state index contributed by atoms with van der Waals surface area (Å²) in [6.07, 6.45) is 0. The molecule has 5 nitrogen and oxygen atoms in total. The molecule has 2 aromatic rings. The fourth-order valence-corrected chi connectivity index (χ4v) is 1.84. The molecule has 3 N–H and O–H groups in total. The van der Waals surface area contributed by atoms with Crippen molar-refractivity contribution in [2.75, 3.05) is 24.8 Å². The Morgan fingerprint density at radius 2 is 1.85 bits per heavy atom. The Morgan fingerprint density at radius 3 is 2.40 bits per heavy atom. The van der Waals surface area contributed by atoms with Gasteiger partial charge < -0.3 is 20.5 Å². The Bertz CT molecular complexity index is 624. The molecule has 0 heterocycles. The van der Waals surface area contributed by atoms with E-state index in [0.717, 1.165) is 0 Å². The lowest BCUT2D eigenvalue weighted by Crippen LogP contribution is -2.26. The van der Waals surface area contributed by atoms with E-state index in [1.54, 1.807) is 44.5 Å². The van der Waals surface area contributed by atoms with E-state index in [9.17, 15) is 9.90 Å². The fraction of sp³-hybridized carbons (Fsp3) is 0.133. The lowest BCUT2D eigenvalue weighted by atomic mass is 10.1. The summed E-state index contributed by atoms with van der Waals surface area (Å²) in [6.45, 7) is 0. The molecule has 0 unspecified atom stereocenters. The summed E-state index contributed by atoms with van der Waals surface area (Å²) in [6, 6.07) is 11.3. The number of methoxy groups -OCH3 is 1. The third-order valence-electron chi connectivity index (χ3n) is 3.03. The molecule has 20 heavy (non-hydrogen) atoms. The number of phenols is 1. The van der Waals surface area contributed by atoms with Gasteiger partial charge >= 0.3 is 0 Å². The minimum absolute atomic E-state index is 0.151. The number of nitrogen functional groups attached to an aromatic ring is 1. The highest BCUT2D eigenvalue weighted by molar-refractivity contribution is 6.09. The second kappa shape index (κ2) is 5.52. The van der Waals surface area contributed by atoms with Crippen LogP contribution in [0.2, 0.25) is 0 Å². The highest BCUT2D eigenvalue weighted by Gasteiger charge is 2.16. The average Bonchev–Trinajstić information content (AvgIpc) is 2.46. The van der Waals surface area contributed by atoms with E-state index in [0.29, 0.717) is 22.7 Å². The first-order valence-corrected chi connectivity index (χ1v) is 6.03. The molecule has 2 rings (SSSR count). The number of nitrogens with zero attached hydrogens (tertiary/aromatic N) is 1. The van der Waals surface area contributed by atoms with Crippen LogP contribution in [-0.2, 0) is 0 Å². The topological polar surface area (TPSA) is 75.8 Å². The second-order valence-corrected chi connectivity index (χ2v) is 4.33. The van der Waals surface area contributed by atoms with E-state index in [2.05, 4.69) is 0 Å². The van der Waals surface area contributed by atoms with Crippen molar-refractivity contribution in [2.45, 2.75) is 0 Å². The maximum absolute atomic E-state index is 12.4. The van der Waals surface area contributed by atoms with Crippen molar-refractivity contribution in [1.82, 2.24) is 0 Å². The van der Waals surface area contributed by atoms with Crippen LogP contribution in [0, 0.1) is 0 Å². The zero-order valence-corrected chi connectivity index (χ0v) is 11.3. The van der Waals surface area contributed by atoms with Gasteiger partial charge in [-0.15, -0.1) is 0 Å². The summed E-state index contributed by atoms with van der Waals surface area (Å²) in [7, 11) is 3.19. The van der Waals surface area contributed by atoms with Gasteiger partial charge in [0.1, 0.15) is 11.5 Å². The van der Waals surface area contributed by atoms with E-state index in [1.807, 2.05) is 0 Å². The first kappa shape index (κ1) is 13.7. The monoisotopic (exact) mass is 272 g/mol. The molecule has 0 aliphatic rings. The van der Waals surface area contributed by atoms with Gasteiger partial charge in [0.05, 0.1) is 12.7 Å². The summed E-state index contributed by atoms with van der Waals surface area (Å²) >= 11 is 0. The number of ether oxygens (including phenoxy) is 1. The van der Waals surface area contributed by atoms with Gasteiger partial charge in [-0.25, -0.2) is 0 Å². The SMILES string of the molecule is COc1ccc(C(=O)N(C)c2ccc(O)cc2)c(N)c1. The lowest BCUT2D eigenvalue weighted by molar-refractivity contribution is 0.0994. The summed E-state index contributed by atoms with van der Waals surface area (Å²) in [5, 5.41) is 9.26. The predicted molar refractivity (Wildman–Crippen MR) is 78.2 cm³/mol. The maximum Gasteiger partial charge on any atom is 0.260 e. The van der Waals surface area contributed by atoms with Crippen molar-refractivity contribution in [3.63, 3.8) is 0 Å². The zero-order valence-electron chi connectivity index (χ0n) is 11.3. The molecule has 0 atom stereocenters. The molecule has 0 bridgehead atoms. The third kappa shape index (κ3) is 2.66. The number of aromatic hydroxyl groups is 1. The number of hydrogen-bond donors (Lipinski definition) is 2. The van der Waals surface area contributed by atoms with E-state index < -0.39 is 0 Å². The van der Waals surface area contributed by atoms with Gasteiger partial charge in [-0.1, -0.05) is 0 Å². The van der Waals surface area contributed by atoms with Crippen LogP contribution in [0.1, 0.15) is 10.4 Å². The average molecular weight is 272 g/mol. The van der Waals surface area contributed by atoms with E-state index >= 15 is 0 Å². The van der Waals surface area contributed by atoms with Crippen LogP contribution >= 0.6 is 0 Å². The van der Waals surface area contributed by atoms with Gasteiger partial charge in [-0.3, -0.25) is 4.79 Å². The molecule has 0 aliphatic carbocycles. The molecule has 0 saturated carbocycles. The fourth-order valence-electron chi connectivity index (χ4n) is 1.84. The zero-order chi connectivity index (χ0) is 14.7. The van der Waals surface area contributed by atoms with Crippen LogP contribution in [0.4, 0.5) is 11.4 Å². The first-order chi connectivity index (χ1) is 9.52. The number of anilines is 2.